The Morgan fingerprint density at radius 2 is 1.24 bits per heavy atom. The molecule has 0 aliphatic heterocycles. The molecule has 0 saturated carbocycles. The first-order chi connectivity index (χ1) is 28.6. The molecular formula is C50H30N6OS. The van der Waals surface area contributed by atoms with Gasteiger partial charge in [-0.1, -0.05) is 146 Å². The summed E-state index contributed by atoms with van der Waals surface area (Å²) >= 11 is 1.69. The summed E-state index contributed by atoms with van der Waals surface area (Å²) in [5.74, 6) is 2.21. The highest BCUT2D eigenvalue weighted by atomic mass is 32.1. The van der Waals surface area contributed by atoms with E-state index in [1.807, 2.05) is 140 Å². The first-order valence-electron chi connectivity index (χ1n) is 18.6. The van der Waals surface area contributed by atoms with E-state index >= 15 is 0 Å². The lowest BCUT2D eigenvalue weighted by Crippen LogP contribution is -2.00. The van der Waals surface area contributed by atoms with Crippen LogP contribution in [-0.4, -0.2) is 24.9 Å². The minimum Gasteiger partial charge on any atom is -0.455 e. The molecule has 0 amide bonds. The van der Waals surface area contributed by atoms with E-state index in [2.05, 4.69) is 35.7 Å². The molecule has 0 bridgehead atoms. The van der Waals surface area contributed by atoms with Crippen LogP contribution in [0.1, 0.15) is 5.69 Å². The summed E-state index contributed by atoms with van der Waals surface area (Å²) in [6, 6.07) is 46.1. The van der Waals surface area contributed by atoms with Crippen LogP contribution in [0.2, 0.25) is 0 Å². The molecule has 0 N–H and O–H groups in total. The molecule has 58 heavy (non-hydrogen) atoms. The number of nitrogens with zero attached hydrogens (tertiary/aromatic N) is 6. The smallest absolute Gasteiger partial charge is 0.187 e. The predicted octanol–water partition coefficient (Wildman–Crippen LogP) is 13.6. The monoisotopic (exact) mass is 762 g/mol. The lowest BCUT2D eigenvalue weighted by molar-refractivity contribution is 0.669. The van der Waals surface area contributed by atoms with Gasteiger partial charge in [0.05, 0.1) is 28.0 Å². The van der Waals surface area contributed by atoms with Crippen LogP contribution >= 0.6 is 11.3 Å². The van der Waals surface area contributed by atoms with Crippen molar-refractivity contribution >= 4 is 65.3 Å². The van der Waals surface area contributed by atoms with Crippen molar-refractivity contribution in [2.45, 2.75) is 0 Å². The van der Waals surface area contributed by atoms with Crippen molar-refractivity contribution in [3.05, 3.63) is 188 Å². The number of benzene rings is 6. The summed E-state index contributed by atoms with van der Waals surface area (Å²) in [5, 5.41) is 2.88. The SMILES string of the molecule is [C-]#[N+]c1cccc(-c2ccc(-c3nc(-c4ccccc4)nc(-c4cccc5oc6c(-c7nc(/C=C/C=C\C=C)c8sc9ccccc9c8n7)cccc6c45)n3)cc2)c1. The number of furan rings is 1. The van der Waals surface area contributed by atoms with Crippen molar-refractivity contribution < 1.29 is 4.42 Å². The summed E-state index contributed by atoms with van der Waals surface area (Å²) < 4.78 is 8.91. The molecule has 0 radical (unpaired) electrons. The Morgan fingerprint density at radius 3 is 2.07 bits per heavy atom. The van der Waals surface area contributed by atoms with Gasteiger partial charge in [0.2, 0.25) is 0 Å². The van der Waals surface area contributed by atoms with Gasteiger partial charge in [-0.3, -0.25) is 0 Å². The van der Waals surface area contributed by atoms with Crippen LogP contribution in [0.15, 0.2) is 175 Å². The van der Waals surface area contributed by atoms with E-state index < -0.39 is 0 Å². The summed E-state index contributed by atoms with van der Waals surface area (Å²) in [7, 11) is 0. The molecule has 0 aliphatic rings. The van der Waals surface area contributed by atoms with Crippen LogP contribution in [-0.2, 0) is 0 Å². The lowest BCUT2D eigenvalue weighted by Gasteiger charge is -2.10. The first kappa shape index (κ1) is 34.6. The number of thiophene rings is 1. The fraction of sp³-hybridized carbons (Fsp3) is 0. The molecule has 4 aromatic heterocycles. The van der Waals surface area contributed by atoms with Gasteiger partial charge < -0.3 is 4.42 Å². The number of aromatic nitrogens is 5. The molecule has 7 nitrogen and oxygen atoms in total. The van der Waals surface area contributed by atoms with Gasteiger partial charge in [0.1, 0.15) is 11.2 Å². The molecule has 0 spiro atoms. The summed E-state index contributed by atoms with van der Waals surface area (Å²) in [4.78, 5) is 29.1. The van der Waals surface area contributed by atoms with E-state index in [1.54, 1.807) is 17.4 Å². The normalized spacial score (nSPS) is 11.7. The van der Waals surface area contributed by atoms with E-state index in [0.29, 0.717) is 40.2 Å². The Bertz CT molecular complexity index is 3320. The molecule has 6 aromatic carbocycles. The average molecular weight is 763 g/mol. The van der Waals surface area contributed by atoms with Gasteiger partial charge in [0.25, 0.3) is 0 Å². The quantitative estimate of drug-likeness (QED) is 0.113. The van der Waals surface area contributed by atoms with Gasteiger partial charge in [-0.25, -0.2) is 29.8 Å². The van der Waals surface area contributed by atoms with E-state index in [9.17, 15) is 0 Å². The Kier molecular flexibility index (Phi) is 8.75. The number of rotatable bonds is 8. The molecule has 0 aliphatic carbocycles. The molecular weight excluding hydrogens is 733 g/mol. The first-order valence-corrected chi connectivity index (χ1v) is 19.5. The van der Waals surface area contributed by atoms with Crippen molar-refractivity contribution in [1.82, 2.24) is 24.9 Å². The molecule has 272 valence electrons. The molecule has 0 unspecified atom stereocenters. The Labute approximate surface area is 337 Å². The third kappa shape index (κ3) is 6.22. The van der Waals surface area contributed by atoms with Crippen LogP contribution in [0.4, 0.5) is 5.69 Å². The topological polar surface area (TPSA) is 82.0 Å². The van der Waals surface area contributed by atoms with Crippen LogP contribution in [0, 0.1) is 6.57 Å². The van der Waals surface area contributed by atoms with Gasteiger partial charge >= 0.3 is 0 Å². The molecule has 0 atom stereocenters. The molecule has 0 saturated heterocycles. The van der Waals surface area contributed by atoms with Crippen LogP contribution < -0.4 is 0 Å². The van der Waals surface area contributed by atoms with Gasteiger partial charge in [0, 0.05) is 37.5 Å². The zero-order chi connectivity index (χ0) is 39.0. The van der Waals surface area contributed by atoms with Crippen molar-refractivity contribution in [3.63, 3.8) is 0 Å². The van der Waals surface area contributed by atoms with Crippen LogP contribution in [0.5, 0.6) is 0 Å². The van der Waals surface area contributed by atoms with Crippen molar-refractivity contribution in [2.24, 2.45) is 0 Å². The van der Waals surface area contributed by atoms with Crippen molar-refractivity contribution in [2.75, 3.05) is 0 Å². The van der Waals surface area contributed by atoms with E-state index in [0.717, 1.165) is 70.1 Å². The number of hydrogen-bond acceptors (Lipinski definition) is 7. The van der Waals surface area contributed by atoms with Crippen LogP contribution in [0.25, 0.3) is 110 Å². The minimum absolute atomic E-state index is 0.527. The second kappa shape index (κ2) is 14.7. The molecule has 0 fully saturated rings. The number of allylic oxidation sites excluding steroid dienone is 4. The zero-order valence-electron chi connectivity index (χ0n) is 30.9. The Hall–Kier alpha value is -7.86. The number of para-hydroxylation sites is 1. The summed E-state index contributed by atoms with van der Waals surface area (Å²) in [6.45, 7) is 11.2. The maximum Gasteiger partial charge on any atom is 0.187 e. The fourth-order valence-electron chi connectivity index (χ4n) is 7.25. The predicted molar refractivity (Wildman–Crippen MR) is 237 cm³/mol. The van der Waals surface area contributed by atoms with Gasteiger partial charge in [-0.05, 0) is 41.5 Å². The highest BCUT2D eigenvalue weighted by Crippen LogP contribution is 2.42. The van der Waals surface area contributed by atoms with Gasteiger partial charge in [-0.15, -0.1) is 11.3 Å². The minimum atomic E-state index is 0.527. The second-order valence-electron chi connectivity index (χ2n) is 13.6. The lowest BCUT2D eigenvalue weighted by atomic mass is 10.0. The largest absolute Gasteiger partial charge is 0.455 e. The third-order valence-corrected chi connectivity index (χ3v) is 11.2. The second-order valence-corrected chi connectivity index (χ2v) is 14.6. The number of hydrogen-bond donors (Lipinski definition) is 0. The molecule has 4 heterocycles. The summed E-state index contributed by atoms with van der Waals surface area (Å²) in [6.07, 6.45) is 9.57. The maximum absolute atomic E-state index is 7.43. The van der Waals surface area contributed by atoms with Crippen molar-refractivity contribution in [1.29, 1.82) is 0 Å². The molecule has 10 aromatic rings. The van der Waals surface area contributed by atoms with Gasteiger partial charge in [-0.2, -0.15) is 0 Å². The maximum atomic E-state index is 7.43. The van der Waals surface area contributed by atoms with E-state index in [-0.39, 0.29) is 0 Å². The standard InChI is InChI=1S/C50H30N6OS/c1-3-4-5-9-23-40-46-44(36-19-10-11-25-42(36)58-46)53-50(52-40)39-22-13-20-37-43-38(21-14-24-41(43)57-45(37)39)49-55-47(32-15-7-6-8-16-32)54-48(56-49)33-28-26-31(27-29-33)34-17-12-18-35(30-34)51-2/h3-30H,1H2/b5-4-,23-9+. The third-order valence-electron chi connectivity index (χ3n) is 9.98. The Morgan fingerprint density at radius 1 is 0.569 bits per heavy atom. The molecule has 8 heteroatoms. The fourth-order valence-corrected chi connectivity index (χ4v) is 8.37. The van der Waals surface area contributed by atoms with Crippen LogP contribution in [0.3, 0.4) is 0 Å². The van der Waals surface area contributed by atoms with Gasteiger partial charge in [0.15, 0.2) is 29.0 Å². The summed E-state index contributed by atoms with van der Waals surface area (Å²) in [5.41, 5.74) is 9.02. The molecule has 10 rings (SSSR count). The number of fused-ring (bicyclic) bond motifs is 6. The highest BCUT2D eigenvalue weighted by Gasteiger charge is 2.22. The Balaban J connectivity index is 1.14. The zero-order valence-corrected chi connectivity index (χ0v) is 31.7. The average Bonchev–Trinajstić information content (AvgIpc) is 3.87. The van der Waals surface area contributed by atoms with E-state index in [4.69, 9.17) is 35.9 Å². The van der Waals surface area contributed by atoms with E-state index in [1.165, 1.54) is 0 Å². The highest BCUT2D eigenvalue weighted by molar-refractivity contribution is 7.26. The van der Waals surface area contributed by atoms with Crippen molar-refractivity contribution in [3.8, 4) is 56.7 Å².